The molecule has 0 saturated carbocycles. The smallest absolute Gasteiger partial charge is 0.341 e. The Hall–Kier alpha value is -1.78. The van der Waals surface area contributed by atoms with Crippen molar-refractivity contribution < 1.29 is 9.90 Å². The van der Waals surface area contributed by atoms with Crippen LogP contribution in [0.2, 0.25) is 0 Å². The fourth-order valence-electron chi connectivity index (χ4n) is 1.28. The lowest BCUT2D eigenvalue weighted by Gasteiger charge is -2.09. The number of aromatic carboxylic acids is 1. The molecule has 1 aromatic heterocycles. The van der Waals surface area contributed by atoms with Crippen molar-refractivity contribution in [2.24, 2.45) is 0 Å². The minimum Gasteiger partial charge on any atom is -0.477 e. The average Bonchev–Trinajstić information content (AvgIpc) is 2.01. The molecule has 0 spiro atoms. The van der Waals surface area contributed by atoms with Crippen LogP contribution in [0.1, 0.15) is 35.7 Å². The summed E-state index contributed by atoms with van der Waals surface area (Å²) < 4.78 is 0. The van der Waals surface area contributed by atoms with Gasteiger partial charge in [0.15, 0.2) is 0 Å². The van der Waals surface area contributed by atoms with E-state index in [1.807, 2.05) is 0 Å². The molecule has 76 valence electrons. The highest BCUT2D eigenvalue weighted by Gasteiger charge is 2.17. The lowest BCUT2D eigenvalue weighted by molar-refractivity contribution is 0.0693. The molecule has 4 N–H and O–H groups in total. The summed E-state index contributed by atoms with van der Waals surface area (Å²) in [4.78, 5) is 24.3. The van der Waals surface area contributed by atoms with Crippen molar-refractivity contribution in [1.29, 1.82) is 0 Å². The van der Waals surface area contributed by atoms with Gasteiger partial charge >= 0.3 is 5.97 Å². The van der Waals surface area contributed by atoms with Crippen molar-refractivity contribution >= 4 is 11.8 Å². The SMILES string of the molecule is CC(C)c1cc(N)[nH]c(=O)c1C(=O)O. The Kier molecular flexibility index (Phi) is 2.60. The van der Waals surface area contributed by atoms with E-state index < -0.39 is 11.5 Å². The number of pyridine rings is 1. The van der Waals surface area contributed by atoms with Crippen LogP contribution in [0.3, 0.4) is 0 Å². The summed E-state index contributed by atoms with van der Waals surface area (Å²) in [5.74, 6) is -1.09. The molecule has 0 fully saturated rings. The van der Waals surface area contributed by atoms with E-state index in [1.54, 1.807) is 13.8 Å². The second-order valence-corrected chi connectivity index (χ2v) is 3.34. The largest absolute Gasteiger partial charge is 0.477 e. The van der Waals surface area contributed by atoms with E-state index in [-0.39, 0.29) is 17.3 Å². The molecule has 0 bridgehead atoms. The summed E-state index contributed by atoms with van der Waals surface area (Å²) in [5.41, 5.74) is 5.00. The van der Waals surface area contributed by atoms with E-state index in [0.29, 0.717) is 5.56 Å². The van der Waals surface area contributed by atoms with Crippen LogP contribution in [0.25, 0.3) is 0 Å². The summed E-state index contributed by atoms with van der Waals surface area (Å²) in [5, 5.41) is 8.83. The van der Waals surface area contributed by atoms with Crippen LogP contribution in [0, 0.1) is 0 Å². The number of nitrogens with two attached hydrogens (primary N) is 1. The Balaban J connectivity index is 3.53. The van der Waals surface area contributed by atoms with Crippen molar-refractivity contribution in [2.45, 2.75) is 19.8 Å². The van der Waals surface area contributed by atoms with E-state index in [4.69, 9.17) is 10.8 Å². The van der Waals surface area contributed by atoms with Gasteiger partial charge in [0, 0.05) is 0 Å². The monoisotopic (exact) mass is 196 g/mol. The number of anilines is 1. The van der Waals surface area contributed by atoms with Gasteiger partial charge in [-0.2, -0.15) is 0 Å². The number of carboxylic acids is 1. The number of carbonyl (C=O) groups is 1. The molecule has 1 heterocycles. The number of aromatic amines is 1. The highest BCUT2D eigenvalue weighted by atomic mass is 16.4. The fourth-order valence-corrected chi connectivity index (χ4v) is 1.28. The van der Waals surface area contributed by atoms with Gasteiger partial charge in [-0.25, -0.2) is 4.79 Å². The number of hydrogen-bond acceptors (Lipinski definition) is 3. The molecule has 1 rings (SSSR count). The number of aromatic nitrogens is 1. The molecular formula is C9H12N2O3. The Bertz CT molecular complexity index is 421. The molecule has 5 nitrogen and oxygen atoms in total. The van der Waals surface area contributed by atoms with Gasteiger partial charge in [-0.1, -0.05) is 13.8 Å². The van der Waals surface area contributed by atoms with Crippen molar-refractivity contribution in [3.63, 3.8) is 0 Å². The molecular weight excluding hydrogens is 184 g/mol. The standard InChI is InChI=1S/C9H12N2O3/c1-4(2)5-3-6(10)11-8(12)7(5)9(13)14/h3-4H,1-2H3,(H,13,14)(H3,10,11,12). The van der Waals surface area contributed by atoms with Gasteiger partial charge in [-0.15, -0.1) is 0 Å². The van der Waals surface area contributed by atoms with E-state index in [1.165, 1.54) is 6.07 Å². The fraction of sp³-hybridized carbons (Fsp3) is 0.333. The summed E-state index contributed by atoms with van der Waals surface area (Å²) >= 11 is 0. The predicted octanol–water partition coefficient (Wildman–Crippen LogP) is 0.779. The highest BCUT2D eigenvalue weighted by Crippen LogP contribution is 2.17. The Morgan fingerprint density at radius 3 is 2.57 bits per heavy atom. The lowest BCUT2D eigenvalue weighted by Crippen LogP contribution is -2.22. The number of rotatable bonds is 2. The second-order valence-electron chi connectivity index (χ2n) is 3.34. The van der Waals surface area contributed by atoms with E-state index >= 15 is 0 Å². The van der Waals surface area contributed by atoms with Gasteiger partial charge in [0.25, 0.3) is 5.56 Å². The molecule has 0 amide bonds. The molecule has 0 aliphatic rings. The Labute approximate surface area is 80.6 Å². The predicted molar refractivity (Wildman–Crippen MR) is 52.5 cm³/mol. The normalized spacial score (nSPS) is 10.5. The van der Waals surface area contributed by atoms with Gasteiger partial charge < -0.3 is 15.8 Å². The van der Waals surface area contributed by atoms with Crippen LogP contribution in [-0.2, 0) is 0 Å². The number of nitrogens with one attached hydrogen (secondary N) is 1. The molecule has 0 radical (unpaired) electrons. The molecule has 14 heavy (non-hydrogen) atoms. The van der Waals surface area contributed by atoms with Gasteiger partial charge in [0.2, 0.25) is 0 Å². The van der Waals surface area contributed by atoms with Gasteiger partial charge in [-0.05, 0) is 17.5 Å². The number of carboxylic acid groups (broad SMARTS) is 1. The minimum absolute atomic E-state index is 0.0503. The summed E-state index contributed by atoms with van der Waals surface area (Å²) in [6, 6.07) is 1.48. The number of H-pyrrole nitrogens is 1. The zero-order valence-corrected chi connectivity index (χ0v) is 8.00. The Morgan fingerprint density at radius 1 is 1.57 bits per heavy atom. The van der Waals surface area contributed by atoms with Crippen LogP contribution in [0.4, 0.5) is 5.82 Å². The topological polar surface area (TPSA) is 96.2 Å². The number of nitrogen functional groups attached to an aromatic ring is 1. The molecule has 0 aliphatic heterocycles. The molecule has 0 aromatic carbocycles. The van der Waals surface area contributed by atoms with Crippen LogP contribution in [-0.4, -0.2) is 16.1 Å². The van der Waals surface area contributed by atoms with Crippen LogP contribution >= 0.6 is 0 Å². The maximum absolute atomic E-state index is 11.3. The van der Waals surface area contributed by atoms with Crippen molar-refractivity contribution in [3.05, 3.63) is 27.5 Å². The van der Waals surface area contributed by atoms with Crippen molar-refractivity contribution in [2.75, 3.05) is 5.73 Å². The van der Waals surface area contributed by atoms with Crippen LogP contribution in [0.15, 0.2) is 10.9 Å². The van der Waals surface area contributed by atoms with Crippen molar-refractivity contribution in [1.82, 2.24) is 4.98 Å². The lowest BCUT2D eigenvalue weighted by atomic mass is 9.99. The molecule has 0 atom stereocenters. The quantitative estimate of drug-likeness (QED) is 0.651. The number of hydrogen-bond donors (Lipinski definition) is 3. The van der Waals surface area contributed by atoms with Gasteiger partial charge in [0.1, 0.15) is 11.4 Å². The molecule has 1 aromatic rings. The first kappa shape index (κ1) is 10.3. The van der Waals surface area contributed by atoms with Crippen molar-refractivity contribution in [3.8, 4) is 0 Å². The van der Waals surface area contributed by atoms with E-state index in [9.17, 15) is 9.59 Å². The first-order valence-corrected chi connectivity index (χ1v) is 4.19. The Morgan fingerprint density at radius 2 is 2.14 bits per heavy atom. The molecule has 0 aliphatic carbocycles. The average molecular weight is 196 g/mol. The first-order chi connectivity index (χ1) is 6.43. The zero-order chi connectivity index (χ0) is 10.9. The summed E-state index contributed by atoms with van der Waals surface area (Å²) in [7, 11) is 0. The maximum atomic E-state index is 11.3. The van der Waals surface area contributed by atoms with Gasteiger partial charge in [0.05, 0.1) is 0 Å². The third-order valence-corrected chi connectivity index (χ3v) is 1.92. The minimum atomic E-state index is -1.23. The highest BCUT2D eigenvalue weighted by molar-refractivity contribution is 5.89. The third kappa shape index (κ3) is 1.76. The first-order valence-electron chi connectivity index (χ1n) is 4.19. The molecule has 5 heteroatoms. The molecule has 0 unspecified atom stereocenters. The summed E-state index contributed by atoms with van der Waals surface area (Å²) in [6.45, 7) is 3.61. The van der Waals surface area contributed by atoms with Crippen LogP contribution < -0.4 is 11.3 Å². The van der Waals surface area contributed by atoms with E-state index in [0.717, 1.165) is 0 Å². The van der Waals surface area contributed by atoms with Gasteiger partial charge in [-0.3, -0.25) is 4.79 Å². The van der Waals surface area contributed by atoms with Crippen LogP contribution in [0.5, 0.6) is 0 Å². The second kappa shape index (κ2) is 3.53. The van der Waals surface area contributed by atoms with E-state index in [2.05, 4.69) is 4.98 Å². The third-order valence-electron chi connectivity index (χ3n) is 1.92. The zero-order valence-electron chi connectivity index (χ0n) is 8.00. The maximum Gasteiger partial charge on any atom is 0.341 e. The summed E-state index contributed by atoms with van der Waals surface area (Å²) in [6.07, 6.45) is 0. The molecule has 0 saturated heterocycles.